The lowest BCUT2D eigenvalue weighted by Gasteiger charge is -2.34. The van der Waals surface area contributed by atoms with Gasteiger partial charge >= 0.3 is 5.97 Å². The molecular formula is C17H22N2O6. The zero-order valence-electron chi connectivity index (χ0n) is 13.8. The van der Waals surface area contributed by atoms with Crippen LogP contribution in [0.5, 0.6) is 0 Å². The summed E-state index contributed by atoms with van der Waals surface area (Å²) < 4.78 is 10.2. The summed E-state index contributed by atoms with van der Waals surface area (Å²) in [5.41, 5.74) is 0. The monoisotopic (exact) mass is 350 g/mol. The summed E-state index contributed by atoms with van der Waals surface area (Å²) in [5.74, 6) is -1.92. The second kappa shape index (κ2) is 9.03. The highest BCUT2D eigenvalue weighted by atomic mass is 16.5. The molecule has 2 atom stereocenters. The lowest BCUT2D eigenvalue weighted by molar-refractivity contribution is -0.144. The van der Waals surface area contributed by atoms with Crippen LogP contribution in [0.2, 0.25) is 0 Å². The molecular weight excluding hydrogens is 328 g/mol. The Balaban J connectivity index is 2.04. The number of likely N-dealkylation sites (tertiary alicyclic amines) is 1. The van der Waals surface area contributed by atoms with E-state index in [0.717, 1.165) is 12.8 Å². The number of carbonyl (C=O) groups excluding carboxylic acids is 2. The lowest BCUT2D eigenvalue weighted by Crippen LogP contribution is -2.55. The standard InChI is InChI=1S/C17H22N2O6/c1-2-9-24-11-12(17(22)23)18-15(20)13-6-3-4-8-19(13)16(21)14-7-5-10-25-14/h2,5,7,10,12-13H,1,3-4,6,8-9,11H2,(H,18,20)(H,22,23). The molecule has 2 heterocycles. The minimum Gasteiger partial charge on any atom is -0.480 e. The number of carboxylic acids is 1. The van der Waals surface area contributed by atoms with Gasteiger partial charge in [-0.2, -0.15) is 0 Å². The van der Waals surface area contributed by atoms with E-state index in [1.54, 1.807) is 6.07 Å². The third-order valence-electron chi connectivity index (χ3n) is 3.93. The number of nitrogens with one attached hydrogen (secondary N) is 1. The van der Waals surface area contributed by atoms with E-state index in [4.69, 9.17) is 9.15 Å². The van der Waals surface area contributed by atoms with Crippen molar-refractivity contribution in [3.8, 4) is 0 Å². The van der Waals surface area contributed by atoms with Gasteiger partial charge in [0.25, 0.3) is 5.91 Å². The molecule has 2 rings (SSSR count). The SMILES string of the molecule is C=CCOCC(NC(=O)C1CCCCN1C(=O)c1ccco1)C(=O)O. The number of rotatable bonds is 8. The van der Waals surface area contributed by atoms with Gasteiger partial charge in [-0.15, -0.1) is 6.58 Å². The summed E-state index contributed by atoms with van der Waals surface area (Å²) in [4.78, 5) is 37.8. The number of carbonyl (C=O) groups is 3. The van der Waals surface area contributed by atoms with Crippen LogP contribution in [0, 0.1) is 0 Å². The van der Waals surface area contributed by atoms with Crippen molar-refractivity contribution >= 4 is 17.8 Å². The Hall–Kier alpha value is -2.61. The minimum atomic E-state index is -1.20. The smallest absolute Gasteiger partial charge is 0.328 e. The number of furan rings is 1. The van der Waals surface area contributed by atoms with Crippen LogP contribution in [0.4, 0.5) is 0 Å². The fourth-order valence-electron chi connectivity index (χ4n) is 2.70. The minimum absolute atomic E-state index is 0.156. The molecule has 1 aliphatic rings. The van der Waals surface area contributed by atoms with Gasteiger partial charge in [-0.05, 0) is 31.4 Å². The highest BCUT2D eigenvalue weighted by Crippen LogP contribution is 2.20. The first-order chi connectivity index (χ1) is 12.0. The summed E-state index contributed by atoms with van der Waals surface area (Å²) in [6, 6.07) is 1.22. The fraction of sp³-hybridized carbons (Fsp3) is 0.471. The summed E-state index contributed by atoms with van der Waals surface area (Å²) in [6.07, 6.45) is 4.92. The molecule has 1 saturated heterocycles. The van der Waals surface area contributed by atoms with Gasteiger partial charge in [0.2, 0.25) is 5.91 Å². The topological polar surface area (TPSA) is 109 Å². The van der Waals surface area contributed by atoms with Crippen LogP contribution in [0.1, 0.15) is 29.8 Å². The Labute approximate surface area is 145 Å². The van der Waals surface area contributed by atoms with Crippen molar-refractivity contribution in [2.75, 3.05) is 19.8 Å². The Kier molecular flexibility index (Phi) is 6.76. The quantitative estimate of drug-likeness (QED) is 0.536. The molecule has 0 radical (unpaired) electrons. The maximum absolute atomic E-state index is 12.6. The van der Waals surface area contributed by atoms with Crippen molar-refractivity contribution in [3.05, 3.63) is 36.8 Å². The van der Waals surface area contributed by atoms with Gasteiger partial charge in [0.05, 0.1) is 19.5 Å². The third-order valence-corrected chi connectivity index (χ3v) is 3.93. The summed E-state index contributed by atoms with van der Waals surface area (Å²) >= 11 is 0. The van der Waals surface area contributed by atoms with Crippen LogP contribution < -0.4 is 5.32 Å². The van der Waals surface area contributed by atoms with E-state index >= 15 is 0 Å². The van der Waals surface area contributed by atoms with E-state index in [1.807, 2.05) is 0 Å². The Morgan fingerprint density at radius 2 is 2.28 bits per heavy atom. The van der Waals surface area contributed by atoms with Crippen molar-refractivity contribution in [2.24, 2.45) is 0 Å². The lowest BCUT2D eigenvalue weighted by atomic mass is 10.0. The number of amides is 2. The molecule has 1 aromatic rings. The summed E-state index contributed by atoms with van der Waals surface area (Å²) in [5, 5.41) is 11.7. The van der Waals surface area contributed by atoms with Crippen molar-refractivity contribution < 1.29 is 28.6 Å². The normalized spacial score (nSPS) is 18.4. The average Bonchev–Trinajstić information content (AvgIpc) is 3.14. The number of ether oxygens (including phenoxy) is 1. The molecule has 1 fully saturated rings. The van der Waals surface area contributed by atoms with Gasteiger partial charge in [0, 0.05) is 6.54 Å². The van der Waals surface area contributed by atoms with E-state index in [1.165, 1.54) is 23.3 Å². The molecule has 136 valence electrons. The van der Waals surface area contributed by atoms with Crippen molar-refractivity contribution in [1.29, 1.82) is 0 Å². The second-order valence-electron chi connectivity index (χ2n) is 5.71. The first-order valence-corrected chi connectivity index (χ1v) is 8.11. The third kappa shape index (κ3) is 4.93. The van der Waals surface area contributed by atoms with Crippen LogP contribution in [0.15, 0.2) is 35.5 Å². The summed E-state index contributed by atoms with van der Waals surface area (Å²) in [6.45, 7) is 3.91. The van der Waals surface area contributed by atoms with Crippen LogP contribution in [-0.4, -0.2) is 59.6 Å². The number of hydrogen-bond acceptors (Lipinski definition) is 5. The predicted molar refractivity (Wildman–Crippen MR) is 88.0 cm³/mol. The molecule has 1 aliphatic heterocycles. The molecule has 2 N–H and O–H groups in total. The molecule has 1 aromatic heterocycles. The molecule has 2 amide bonds. The van der Waals surface area contributed by atoms with Crippen LogP contribution >= 0.6 is 0 Å². The number of nitrogens with zero attached hydrogens (tertiary/aromatic N) is 1. The molecule has 0 aliphatic carbocycles. The Morgan fingerprint density at radius 1 is 1.48 bits per heavy atom. The molecule has 8 nitrogen and oxygen atoms in total. The molecule has 0 aromatic carbocycles. The first kappa shape index (κ1) is 18.7. The number of hydrogen-bond donors (Lipinski definition) is 2. The molecule has 0 bridgehead atoms. The molecule has 25 heavy (non-hydrogen) atoms. The van der Waals surface area contributed by atoms with Crippen molar-refractivity contribution in [3.63, 3.8) is 0 Å². The van der Waals surface area contributed by atoms with Gasteiger partial charge < -0.3 is 24.5 Å². The number of aliphatic carboxylic acids is 1. The Bertz CT molecular complexity index is 613. The maximum Gasteiger partial charge on any atom is 0.328 e. The Morgan fingerprint density at radius 3 is 2.92 bits per heavy atom. The predicted octanol–water partition coefficient (Wildman–Crippen LogP) is 1.05. The van der Waals surface area contributed by atoms with Gasteiger partial charge in [-0.1, -0.05) is 6.08 Å². The first-order valence-electron chi connectivity index (χ1n) is 8.11. The van der Waals surface area contributed by atoms with Crippen molar-refractivity contribution in [1.82, 2.24) is 10.2 Å². The number of carboxylic acid groups (broad SMARTS) is 1. The average molecular weight is 350 g/mol. The highest BCUT2D eigenvalue weighted by molar-refractivity contribution is 5.96. The molecule has 0 spiro atoms. The van der Waals surface area contributed by atoms with Crippen LogP contribution in [0.25, 0.3) is 0 Å². The van der Waals surface area contributed by atoms with E-state index in [9.17, 15) is 19.5 Å². The second-order valence-corrected chi connectivity index (χ2v) is 5.71. The summed E-state index contributed by atoms with van der Waals surface area (Å²) in [7, 11) is 0. The molecule has 2 unspecified atom stereocenters. The fourth-order valence-corrected chi connectivity index (χ4v) is 2.70. The number of piperidine rings is 1. The van der Waals surface area contributed by atoms with Gasteiger partial charge in [-0.25, -0.2) is 4.79 Å². The largest absolute Gasteiger partial charge is 0.480 e. The van der Waals surface area contributed by atoms with E-state index in [-0.39, 0.29) is 24.9 Å². The van der Waals surface area contributed by atoms with E-state index in [2.05, 4.69) is 11.9 Å². The van der Waals surface area contributed by atoms with Crippen LogP contribution in [-0.2, 0) is 14.3 Å². The van der Waals surface area contributed by atoms with Gasteiger partial charge in [-0.3, -0.25) is 9.59 Å². The highest BCUT2D eigenvalue weighted by Gasteiger charge is 2.35. The van der Waals surface area contributed by atoms with E-state index < -0.39 is 24.0 Å². The zero-order chi connectivity index (χ0) is 18.2. The van der Waals surface area contributed by atoms with Gasteiger partial charge in [0.15, 0.2) is 11.8 Å². The molecule has 0 saturated carbocycles. The molecule has 8 heteroatoms. The zero-order valence-corrected chi connectivity index (χ0v) is 13.8. The maximum atomic E-state index is 12.6. The van der Waals surface area contributed by atoms with Crippen LogP contribution in [0.3, 0.4) is 0 Å². The van der Waals surface area contributed by atoms with Crippen molar-refractivity contribution in [2.45, 2.75) is 31.3 Å². The van der Waals surface area contributed by atoms with Gasteiger partial charge in [0.1, 0.15) is 6.04 Å². The van der Waals surface area contributed by atoms with E-state index in [0.29, 0.717) is 13.0 Å².